The maximum Gasteiger partial charge on any atom is 0.387 e. The molecule has 10 heteroatoms. The van der Waals surface area contributed by atoms with Crippen molar-refractivity contribution in [2.24, 2.45) is 5.10 Å². The molecule has 1 amide bonds. The number of halogens is 2. The summed E-state index contributed by atoms with van der Waals surface area (Å²) in [6, 6.07) is 4.75. The van der Waals surface area contributed by atoms with E-state index in [2.05, 4.69) is 9.64 Å². The number of hydrogen-bond acceptors (Lipinski definition) is 7. The molecule has 0 aliphatic carbocycles. The number of methoxy groups -OCH3 is 1. The molecule has 166 valence electrons. The van der Waals surface area contributed by atoms with E-state index in [0.29, 0.717) is 25.2 Å². The van der Waals surface area contributed by atoms with Crippen LogP contribution in [0.4, 0.5) is 13.6 Å². The lowest BCUT2D eigenvalue weighted by Crippen LogP contribution is -2.53. The number of amides is 1. The third kappa shape index (κ3) is 5.04. The lowest BCUT2D eigenvalue weighted by Gasteiger charge is -2.40. The zero-order valence-electron chi connectivity index (χ0n) is 17.3. The first-order valence-electron chi connectivity index (χ1n) is 10.0. The Morgan fingerprint density at radius 1 is 1.27 bits per heavy atom. The first-order chi connectivity index (χ1) is 14.5. The van der Waals surface area contributed by atoms with Crippen LogP contribution >= 0.6 is 11.8 Å². The van der Waals surface area contributed by atoms with Gasteiger partial charge in [0, 0.05) is 18.7 Å². The first-order valence-corrected chi connectivity index (χ1v) is 10.9. The predicted molar refractivity (Wildman–Crippen MR) is 112 cm³/mol. The van der Waals surface area contributed by atoms with Crippen molar-refractivity contribution in [1.29, 1.82) is 0 Å². The largest absolute Gasteiger partial charge is 0.493 e. The molecule has 2 aliphatic heterocycles. The summed E-state index contributed by atoms with van der Waals surface area (Å²) in [5, 5.41) is 6.07. The lowest BCUT2D eigenvalue weighted by molar-refractivity contribution is -0.0512. The molecule has 1 aromatic rings. The fraction of sp³-hybridized carbons (Fsp3) is 0.600. The van der Waals surface area contributed by atoms with E-state index in [1.165, 1.54) is 24.9 Å². The number of alkyl halides is 2. The van der Waals surface area contributed by atoms with Crippen LogP contribution in [0.5, 0.6) is 11.5 Å². The number of nitrogens with zero attached hydrogens (tertiary/aromatic N) is 3. The highest BCUT2D eigenvalue weighted by Gasteiger charge is 2.36. The van der Waals surface area contributed by atoms with Crippen LogP contribution in [0, 0.1) is 0 Å². The van der Waals surface area contributed by atoms with Crippen molar-refractivity contribution in [2.45, 2.75) is 44.7 Å². The summed E-state index contributed by atoms with van der Waals surface area (Å²) < 4.78 is 40.5. The second kappa shape index (κ2) is 10.4. The van der Waals surface area contributed by atoms with E-state index in [-0.39, 0.29) is 28.2 Å². The highest BCUT2D eigenvalue weighted by molar-refractivity contribution is 8.14. The lowest BCUT2D eigenvalue weighted by atomic mass is 10.0. The summed E-state index contributed by atoms with van der Waals surface area (Å²) in [7, 11) is 1.40. The van der Waals surface area contributed by atoms with Crippen molar-refractivity contribution in [2.75, 3.05) is 33.4 Å². The second-order valence-electron chi connectivity index (χ2n) is 6.89. The minimum atomic E-state index is -2.94. The van der Waals surface area contributed by atoms with E-state index in [1.807, 2.05) is 13.8 Å². The van der Waals surface area contributed by atoms with Gasteiger partial charge in [-0.15, -0.1) is 0 Å². The number of morpholine rings is 1. The molecule has 1 saturated heterocycles. The highest BCUT2D eigenvalue weighted by Crippen LogP contribution is 2.35. The molecule has 3 rings (SSSR count). The van der Waals surface area contributed by atoms with Crippen molar-refractivity contribution in [1.82, 2.24) is 9.91 Å². The maximum atomic E-state index is 12.9. The fourth-order valence-electron chi connectivity index (χ4n) is 3.64. The molecular formula is C20H27F2N3O4S. The van der Waals surface area contributed by atoms with Gasteiger partial charge in [0.05, 0.1) is 31.3 Å². The molecule has 2 aliphatic rings. The molecular weight excluding hydrogens is 416 g/mol. The van der Waals surface area contributed by atoms with Crippen LogP contribution < -0.4 is 9.47 Å². The van der Waals surface area contributed by atoms with Gasteiger partial charge in [-0.2, -0.15) is 13.9 Å². The SMILES string of the molecule is CCC1SC(=O)N(C(CC)N2CCOCC2)N=C1c1ccc(OC(F)F)c(OC)c1. The third-order valence-corrected chi connectivity index (χ3v) is 6.34. The topological polar surface area (TPSA) is 63.6 Å². The maximum absolute atomic E-state index is 12.9. The van der Waals surface area contributed by atoms with Crippen LogP contribution in [-0.2, 0) is 4.74 Å². The number of hydrogen-bond donors (Lipinski definition) is 0. The molecule has 0 aromatic heterocycles. The van der Waals surface area contributed by atoms with E-state index in [0.717, 1.165) is 25.2 Å². The number of ether oxygens (including phenoxy) is 3. The molecule has 1 aromatic carbocycles. The molecule has 7 nitrogen and oxygen atoms in total. The molecule has 0 N–H and O–H groups in total. The minimum absolute atomic E-state index is 0.0407. The van der Waals surface area contributed by atoms with Crippen molar-refractivity contribution in [3.8, 4) is 11.5 Å². The van der Waals surface area contributed by atoms with Gasteiger partial charge < -0.3 is 14.2 Å². The molecule has 0 bridgehead atoms. The Morgan fingerprint density at radius 3 is 2.60 bits per heavy atom. The summed E-state index contributed by atoms with van der Waals surface area (Å²) in [4.78, 5) is 15.1. The standard InChI is InChI=1S/C20H27F2N3O4S/c1-4-16-18(13-6-7-14(29-19(21)22)15(12-13)27-3)23-25(20(26)30-16)17(5-2)24-8-10-28-11-9-24/h6-7,12,16-17,19H,4-5,8-11H2,1-3H3. The summed E-state index contributed by atoms with van der Waals surface area (Å²) in [5.74, 6) is 0.153. The average molecular weight is 444 g/mol. The van der Waals surface area contributed by atoms with Gasteiger partial charge in [0.25, 0.3) is 0 Å². The van der Waals surface area contributed by atoms with Gasteiger partial charge in [-0.3, -0.25) is 9.69 Å². The Kier molecular flexibility index (Phi) is 7.90. The molecule has 0 saturated carbocycles. The Hall–Kier alpha value is -1.91. The Morgan fingerprint density at radius 2 is 2.00 bits per heavy atom. The quantitative estimate of drug-likeness (QED) is 0.605. The number of thioether (sulfide) groups is 1. The van der Waals surface area contributed by atoms with Gasteiger partial charge in [0.1, 0.15) is 6.17 Å². The van der Waals surface area contributed by atoms with Crippen LogP contribution in [0.25, 0.3) is 0 Å². The third-order valence-electron chi connectivity index (χ3n) is 5.11. The van der Waals surface area contributed by atoms with Gasteiger partial charge in [-0.1, -0.05) is 25.6 Å². The van der Waals surface area contributed by atoms with E-state index < -0.39 is 6.61 Å². The van der Waals surface area contributed by atoms with Gasteiger partial charge in [-0.25, -0.2) is 5.01 Å². The molecule has 0 spiro atoms. The Balaban J connectivity index is 1.95. The van der Waals surface area contributed by atoms with Crippen molar-refractivity contribution in [3.05, 3.63) is 23.8 Å². The second-order valence-corrected chi connectivity index (χ2v) is 8.05. The summed E-state index contributed by atoms with van der Waals surface area (Å²) in [6.45, 7) is 3.80. The van der Waals surface area contributed by atoms with E-state index in [4.69, 9.17) is 14.6 Å². The average Bonchev–Trinajstić information content (AvgIpc) is 2.75. The van der Waals surface area contributed by atoms with Crippen LogP contribution in [0.2, 0.25) is 0 Å². The smallest absolute Gasteiger partial charge is 0.387 e. The van der Waals surface area contributed by atoms with E-state index in [1.54, 1.807) is 17.1 Å². The number of hydrazone groups is 1. The summed E-state index contributed by atoms with van der Waals surface area (Å²) in [5.41, 5.74) is 1.43. The van der Waals surface area contributed by atoms with Crippen LogP contribution in [0.1, 0.15) is 32.3 Å². The van der Waals surface area contributed by atoms with Crippen LogP contribution in [-0.4, -0.2) is 72.3 Å². The Labute approximate surface area is 179 Å². The zero-order chi connectivity index (χ0) is 21.7. The van der Waals surface area contributed by atoms with Gasteiger partial charge in [0.2, 0.25) is 0 Å². The van der Waals surface area contributed by atoms with Crippen molar-refractivity contribution < 1.29 is 27.8 Å². The predicted octanol–water partition coefficient (Wildman–Crippen LogP) is 4.02. The van der Waals surface area contributed by atoms with E-state index in [9.17, 15) is 13.6 Å². The van der Waals surface area contributed by atoms with Crippen LogP contribution in [0.3, 0.4) is 0 Å². The molecule has 2 heterocycles. The summed E-state index contributed by atoms with van der Waals surface area (Å²) >= 11 is 1.24. The zero-order valence-corrected chi connectivity index (χ0v) is 18.2. The number of carbonyl (C=O) groups is 1. The Bertz CT molecular complexity index is 774. The fourth-order valence-corrected chi connectivity index (χ4v) is 4.62. The molecule has 0 radical (unpaired) electrons. The number of carbonyl (C=O) groups excluding carboxylic acids is 1. The highest BCUT2D eigenvalue weighted by atomic mass is 32.2. The molecule has 30 heavy (non-hydrogen) atoms. The first kappa shape index (κ1) is 22.8. The monoisotopic (exact) mass is 443 g/mol. The number of rotatable bonds is 8. The van der Waals surface area contributed by atoms with Crippen LogP contribution in [0.15, 0.2) is 23.3 Å². The van der Waals surface area contributed by atoms with Gasteiger partial charge >= 0.3 is 11.9 Å². The molecule has 1 fully saturated rings. The van der Waals surface area contributed by atoms with E-state index >= 15 is 0 Å². The minimum Gasteiger partial charge on any atom is -0.493 e. The van der Waals surface area contributed by atoms with Crippen molar-refractivity contribution in [3.63, 3.8) is 0 Å². The molecule has 2 unspecified atom stereocenters. The van der Waals surface area contributed by atoms with Gasteiger partial charge in [0.15, 0.2) is 11.5 Å². The van der Waals surface area contributed by atoms with Gasteiger partial charge in [-0.05, 0) is 31.0 Å². The molecule has 2 atom stereocenters. The summed E-state index contributed by atoms with van der Waals surface area (Å²) in [6.07, 6.45) is 1.27. The normalized spacial score (nSPS) is 21.5. The van der Waals surface area contributed by atoms with Crippen molar-refractivity contribution >= 4 is 22.7 Å². The number of benzene rings is 1.